The highest BCUT2D eigenvalue weighted by molar-refractivity contribution is 6.06. The number of amides is 2. The maximum atomic E-state index is 12.6. The highest BCUT2D eigenvalue weighted by atomic mass is 19.3. The molecule has 0 atom stereocenters. The maximum absolute atomic E-state index is 12.6. The van der Waals surface area contributed by atoms with Crippen molar-refractivity contribution in [2.45, 2.75) is 20.3 Å². The summed E-state index contributed by atoms with van der Waals surface area (Å²) in [4.78, 5) is 26.1. The van der Waals surface area contributed by atoms with E-state index >= 15 is 0 Å². The van der Waals surface area contributed by atoms with E-state index in [1.54, 1.807) is 12.1 Å². The average molecular weight is 405 g/mol. The van der Waals surface area contributed by atoms with Crippen LogP contribution in [0.2, 0.25) is 0 Å². The van der Waals surface area contributed by atoms with Gasteiger partial charge < -0.3 is 20.7 Å². The molecular weight excluding hydrogens is 380 g/mol. The number of anilines is 2. The van der Waals surface area contributed by atoms with Gasteiger partial charge >= 0.3 is 0 Å². The van der Waals surface area contributed by atoms with E-state index < -0.39 is 24.8 Å². The smallest absolute Gasteiger partial charge is 0.272 e. The van der Waals surface area contributed by atoms with E-state index in [0.717, 1.165) is 12.2 Å². The van der Waals surface area contributed by atoms with Crippen LogP contribution in [-0.2, 0) is 0 Å². The number of halogens is 2. The molecule has 6 nitrogen and oxygen atoms in total. The van der Waals surface area contributed by atoms with Gasteiger partial charge in [-0.2, -0.15) is 0 Å². The van der Waals surface area contributed by atoms with Crippen LogP contribution < -0.4 is 20.7 Å². The Morgan fingerprint density at radius 1 is 1.10 bits per heavy atom. The summed E-state index contributed by atoms with van der Waals surface area (Å²) in [5, 5.41) is 2.60. The third kappa shape index (κ3) is 6.44. The molecular formula is C21H25F2N3O3. The number of primary amides is 1. The number of rotatable bonds is 9. The summed E-state index contributed by atoms with van der Waals surface area (Å²) in [6.45, 7) is 4.27. The molecule has 0 bridgehead atoms. The first kappa shape index (κ1) is 22.1. The number of hydrogen-bond donors (Lipinski definition) is 2. The lowest BCUT2D eigenvalue weighted by atomic mass is 10.1. The van der Waals surface area contributed by atoms with E-state index in [-0.39, 0.29) is 17.0 Å². The monoisotopic (exact) mass is 405 g/mol. The first-order valence-corrected chi connectivity index (χ1v) is 9.14. The Labute approximate surface area is 168 Å². The van der Waals surface area contributed by atoms with Crippen molar-refractivity contribution in [2.75, 3.05) is 30.4 Å². The van der Waals surface area contributed by atoms with E-state index in [0.29, 0.717) is 11.5 Å². The molecule has 8 heteroatoms. The van der Waals surface area contributed by atoms with Crippen molar-refractivity contribution in [1.29, 1.82) is 0 Å². The number of nitrogens with zero attached hydrogens (tertiary/aromatic N) is 1. The third-order valence-electron chi connectivity index (χ3n) is 4.09. The number of carbonyl (C=O) groups excluding carboxylic acids is 2. The summed E-state index contributed by atoms with van der Waals surface area (Å²) >= 11 is 0. The van der Waals surface area contributed by atoms with E-state index in [9.17, 15) is 18.4 Å². The van der Waals surface area contributed by atoms with Gasteiger partial charge in [0, 0.05) is 30.4 Å². The van der Waals surface area contributed by atoms with E-state index in [1.807, 2.05) is 19.2 Å². The highest BCUT2D eigenvalue weighted by Gasteiger charge is 2.15. The van der Waals surface area contributed by atoms with E-state index in [4.69, 9.17) is 10.5 Å². The van der Waals surface area contributed by atoms with Gasteiger partial charge in [-0.3, -0.25) is 9.59 Å². The zero-order valence-electron chi connectivity index (χ0n) is 16.6. The van der Waals surface area contributed by atoms with Crippen molar-refractivity contribution in [3.05, 3.63) is 53.6 Å². The van der Waals surface area contributed by atoms with Crippen molar-refractivity contribution in [3.8, 4) is 5.75 Å². The lowest BCUT2D eigenvalue weighted by Crippen LogP contribution is -2.22. The van der Waals surface area contributed by atoms with Crippen molar-refractivity contribution < 1.29 is 23.1 Å². The van der Waals surface area contributed by atoms with Gasteiger partial charge in [-0.25, -0.2) is 8.78 Å². The Bertz CT molecular complexity index is 855. The summed E-state index contributed by atoms with van der Waals surface area (Å²) in [7, 11) is 1.97. The Hall–Kier alpha value is -3.16. The molecule has 0 aliphatic heterocycles. The zero-order chi connectivity index (χ0) is 21.6. The Kier molecular flexibility index (Phi) is 7.52. The summed E-state index contributed by atoms with van der Waals surface area (Å²) in [5.41, 5.74) is 6.81. The molecule has 0 saturated heterocycles. The second-order valence-corrected chi connectivity index (χ2v) is 7.05. The van der Waals surface area contributed by atoms with Crippen LogP contribution in [0, 0.1) is 5.92 Å². The predicted octanol–water partition coefficient (Wildman–Crippen LogP) is 3.77. The minimum absolute atomic E-state index is 0.0249. The number of ether oxygens (including phenoxy) is 1. The summed E-state index contributed by atoms with van der Waals surface area (Å²) in [6, 6.07) is 10.9. The number of hydrogen-bond acceptors (Lipinski definition) is 4. The fourth-order valence-corrected chi connectivity index (χ4v) is 2.77. The van der Waals surface area contributed by atoms with Gasteiger partial charge in [0.1, 0.15) is 12.4 Å². The summed E-state index contributed by atoms with van der Waals surface area (Å²) in [6.07, 6.45) is -2.68. The average Bonchev–Trinajstić information content (AvgIpc) is 2.66. The topological polar surface area (TPSA) is 84.7 Å². The molecule has 2 rings (SSSR count). The molecule has 0 radical (unpaired) electrons. The Balaban J connectivity index is 2.19. The van der Waals surface area contributed by atoms with Gasteiger partial charge in [0.05, 0.1) is 5.69 Å². The lowest BCUT2D eigenvalue weighted by molar-refractivity contribution is 0.0821. The fraction of sp³-hybridized carbons (Fsp3) is 0.333. The zero-order valence-corrected chi connectivity index (χ0v) is 16.6. The number of nitrogens with two attached hydrogens (primary N) is 1. The molecule has 0 aliphatic carbocycles. The molecule has 156 valence electrons. The van der Waals surface area contributed by atoms with Crippen LogP contribution in [0.1, 0.15) is 34.6 Å². The fourth-order valence-electron chi connectivity index (χ4n) is 2.77. The predicted molar refractivity (Wildman–Crippen MR) is 109 cm³/mol. The molecule has 29 heavy (non-hydrogen) atoms. The largest absolute Gasteiger partial charge is 0.485 e. The minimum Gasteiger partial charge on any atom is -0.485 e. The van der Waals surface area contributed by atoms with Crippen molar-refractivity contribution in [2.24, 2.45) is 11.7 Å². The molecule has 2 aromatic carbocycles. The van der Waals surface area contributed by atoms with Gasteiger partial charge in [-0.1, -0.05) is 13.8 Å². The van der Waals surface area contributed by atoms with Crippen LogP contribution in [0.15, 0.2) is 42.5 Å². The Morgan fingerprint density at radius 3 is 2.28 bits per heavy atom. The molecule has 0 saturated carbocycles. The molecule has 0 fully saturated rings. The number of alkyl halides is 2. The number of nitrogens with one attached hydrogen (secondary N) is 1. The summed E-state index contributed by atoms with van der Waals surface area (Å²) < 4.78 is 30.0. The third-order valence-corrected chi connectivity index (χ3v) is 4.09. The molecule has 2 aromatic rings. The van der Waals surface area contributed by atoms with Crippen LogP contribution in [-0.4, -0.2) is 38.4 Å². The second-order valence-electron chi connectivity index (χ2n) is 7.05. The molecule has 3 N–H and O–H groups in total. The van der Waals surface area contributed by atoms with Gasteiger partial charge in [-0.05, 0) is 48.4 Å². The Morgan fingerprint density at radius 2 is 1.72 bits per heavy atom. The first-order valence-electron chi connectivity index (χ1n) is 9.14. The molecule has 2 amide bonds. The molecule has 0 spiro atoms. The quantitative estimate of drug-likeness (QED) is 0.665. The minimum atomic E-state index is -2.68. The molecule has 0 aliphatic rings. The van der Waals surface area contributed by atoms with Crippen molar-refractivity contribution in [3.63, 3.8) is 0 Å². The normalized spacial score (nSPS) is 10.9. The van der Waals surface area contributed by atoms with Crippen molar-refractivity contribution in [1.82, 2.24) is 0 Å². The maximum Gasteiger partial charge on any atom is 0.272 e. The highest BCUT2D eigenvalue weighted by Crippen LogP contribution is 2.27. The lowest BCUT2D eigenvalue weighted by Gasteiger charge is -2.21. The van der Waals surface area contributed by atoms with Gasteiger partial charge in [0.15, 0.2) is 0 Å². The number of carbonyl (C=O) groups is 2. The van der Waals surface area contributed by atoms with Crippen molar-refractivity contribution >= 4 is 23.2 Å². The summed E-state index contributed by atoms with van der Waals surface area (Å²) in [5.74, 6) is -0.658. The van der Waals surface area contributed by atoms with Crippen LogP contribution in [0.25, 0.3) is 0 Å². The van der Waals surface area contributed by atoms with Crippen LogP contribution in [0.4, 0.5) is 20.2 Å². The van der Waals surface area contributed by atoms with Gasteiger partial charge in [-0.15, -0.1) is 0 Å². The van der Waals surface area contributed by atoms with Gasteiger partial charge in [0.25, 0.3) is 12.3 Å². The number of benzene rings is 2. The second kappa shape index (κ2) is 9.86. The van der Waals surface area contributed by atoms with Gasteiger partial charge in [0.2, 0.25) is 5.91 Å². The van der Waals surface area contributed by atoms with Crippen LogP contribution >= 0.6 is 0 Å². The molecule has 0 aromatic heterocycles. The SMILES string of the molecule is CC(C)CN(C)c1ccc(C(=O)Nc2cc(C(N)=O)ccc2OCC(F)F)cc1. The standard InChI is InChI=1S/C21H25F2N3O3/c1-13(2)11-26(3)16-7-4-14(5-8-16)21(28)25-17-10-15(20(24)27)6-9-18(17)29-12-19(22)23/h4-10,13,19H,11-12H2,1-3H3,(H2,24,27)(H,25,28). The molecule has 0 unspecified atom stereocenters. The molecule has 0 heterocycles. The van der Waals surface area contributed by atoms with E-state index in [2.05, 4.69) is 24.1 Å². The first-order chi connectivity index (χ1) is 13.7. The van der Waals surface area contributed by atoms with E-state index in [1.165, 1.54) is 18.2 Å². The van der Waals surface area contributed by atoms with Crippen LogP contribution in [0.3, 0.4) is 0 Å². The van der Waals surface area contributed by atoms with Crippen LogP contribution in [0.5, 0.6) is 5.75 Å².